The lowest BCUT2D eigenvalue weighted by molar-refractivity contribution is 0.584. The average Bonchev–Trinajstić information content (AvgIpc) is 2.45. The molecular formula is C18H22BrNS. The Morgan fingerprint density at radius 1 is 1.10 bits per heavy atom. The van der Waals surface area contributed by atoms with Crippen LogP contribution >= 0.6 is 27.7 Å². The molecule has 0 fully saturated rings. The maximum atomic E-state index is 3.57. The van der Waals surface area contributed by atoms with E-state index in [1.807, 2.05) is 11.8 Å². The van der Waals surface area contributed by atoms with E-state index in [0.717, 1.165) is 16.8 Å². The minimum Gasteiger partial charge on any atom is -0.310 e. The first kappa shape index (κ1) is 16.6. The number of nitrogens with one attached hydrogen (secondary N) is 1. The molecule has 1 nitrogen and oxygen atoms in total. The molecule has 0 heterocycles. The highest BCUT2D eigenvalue weighted by Crippen LogP contribution is 2.29. The minimum atomic E-state index is 0.498. The van der Waals surface area contributed by atoms with Gasteiger partial charge in [0.25, 0.3) is 0 Å². The van der Waals surface area contributed by atoms with E-state index in [1.165, 1.54) is 21.6 Å². The molecule has 0 aliphatic heterocycles. The third-order valence-electron chi connectivity index (χ3n) is 3.37. The molecule has 1 N–H and O–H groups in total. The summed E-state index contributed by atoms with van der Waals surface area (Å²) >= 11 is 5.49. The highest BCUT2D eigenvalue weighted by atomic mass is 79.9. The van der Waals surface area contributed by atoms with Gasteiger partial charge in [-0.3, -0.25) is 0 Å². The molecule has 2 aromatic rings. The number of rotatable bonds is 6. The Hall–Kier alpha value is -0.770. The molecule has 0 unspecified atom stereocenters. The summed E-state index contributed by atoms with van der Waals surface area (Å²) in [5.41, 5.74) is 4.13. The van der Waals surface area contributed by atoms with Crippen molar-refractivity contribution in [3.05, 3.63) is 63.6 Å². The Kier molecular flexibility index (Phi) is 6.34. The molecular weight excluding hydrogens is 342 g/mol. The molecule has 0 amide bonds. The van der Waals surface area contributed by atoms with Crippen LogP contribution in [0.2, 0.25) is 0 Å². The largest absolute Gasteiger partial charge is 0.310 e. The van der Waals surface area contributed by atoms with Crippen molar-refractivity contribution in [3.8, 4) is 0 Å². The highest BCUT2D eigenvalue weighted by molar-refractivity contribution is 9.10. The molecule has 3 heteroatoms. The Morgan fingerprint density at radius 3 is 2.57 bits per heavy atom. The third-order valence-corrected chi connectivity index (χ3v) is 5.03. The predicted molar refractivity (Wildman–Crippen MR) is 96.9 cm³/mol. The molecule has 0 atom stereocenters. The van der Waals surface area contributed by atoms with E-state index in [0.29, 0.717) is 6.04 Å². The second-order valence-corrected chi connectivity index (χ2v) is 7.44. The van der Waals surface area contributed by atoms with Crippen LogP contribution in [0, 0.1) is 6.92 Å². The summed E-state index contributed by atoms with van der Waals surface area (Å²) in [6.45, 7) is 7.45. The van der Waals surface area contributed by atoms with Crippen molar-refractivity contribution in [2.75, 3.05) is 0 Å². The van der Waals surface area contributed by atoms with Crippen LogP contribution in [0.5, 0.6) is 0 Å². The maximum absolute atomic E-state index is 3.57. The Balaban J connectivity index is 2.10. The van der Waals surface area contributed by atoms with Crippen LogP contribution in [0.1, 0.15) is 30.5 Å². The second kappa shape index (κ2) is 8.02. The minimum absolute atomic E-state index is 0.498. The fourth-order valence-electron chi connectivity index (χ4n) is 2.07. The highest BCUT2D eigenvalue weighted by Gasteiger charge is 2.06. The zero-order valence-electron chi connectivity index (χ0n) is 12.8. The number of aryl methyl sites for hydroxylation is 1. The Morgan fingerprint density at radius 2 is 1.86 bits per heavy atom. The average molecular weight is 364 g/mol. The topological polar surface area (TPSA) is 12.0 Å². The molecule has 0 bridgehead atoms. The lowest BCUT2D eigenvalue weighted by atomic mass is 10.1. The van der Waals surface area contributed by atoms with Gasteiger partial charge in [0, 0.05) is 27.7 Å². The standard InChI is InChI=1S/C18H22BrNS/c1-13(2)20-11-16-10-17(19)8-9-18(16)21-12-15-7-5-4-6-14(15)3/h4-10,13,20H,11-12H2,1-3H3. The monoisotopic (exact) mass is 363 g/mol. The first-order valence-electron chi connectivity index (χ1n) is 7.25. The molecule has 21 heavy (non-hydrogen) atoms. The van der Waals surface area contributed by atoms with Crippen LogP contribution in [0.4, 0.5) is 0 Å². The molecule has 2 rings (SSSR count). The van der Waals surface area contributed by atoms with Gasteiger partial charge >= 0.3 is 0 Å². The number of benzene rings is 2. The fraction of sp³-hybridized carbons (Fsp3) is 0.333. The van der Waals surface area contributed by atoms with E-state index in [4.69, 9.17) is 0 Å². The molecule has 2 aromatic carbocycles. The van der Waals surface area contributed by atoms with Crippen molar-refractivity contribution in [1.29, 1.82) is 0 Å². The molecule has 0 spiro atoms. The van der Waals surface area contributed by atoms with Gasteiger partial charge in [-0.1, -0.05) is 54.0 Å². The summed E-state index contributed by atoms with van der Waals surface area (Å²) in [7, 11) is 0. The normalized spacial score (nSPS) is 11.1. The first-order chi connectivity index (χ1) is 10.1. The van der Waals surface area contributed by atoms with E-state index >= 15 is 0 Å². The predicted octanol–water partition coefficient (Wildman–Crippen LogP) is 5.55. The molecule has 112 valence electrons. The number of hydrogen-bond acceptors (Lipinski definition) is 2. The first-order valence-corrected chi connectivity index (χ1v) is 9.03. The Bertz CT molecular complexity index is 596. The van der Waals surface area contributed by atoms with E-state index in [1.54, 1.807) is 0 Å². The van der Waals surface area contributed by atoms with Crippen molar-refractivity contribution in [2.24, 2.45) is 0 Å². The number of thioether (sulfide) groups is 1. The van der Waals surface area contributed by atoms with Gasteiger partial charge in [0.15, 0.2) is 0 Å². The summed E-state index contributed by atoms with van der Waals surface area (Å²) in [5.74, 6) is 1.02. The maximum Gasteiger partial charge on any atom is 0.0234 e. The van der Waals surface area contributed by atoms with Crippen LogP contribution in [0.15, 0.2) is 51.8 Å². The van der Waals surface area contributed by atoms with Crippen molar-refractivity contribution in [2.45, 2.75) is 44.0 Å². The zero-order chi connectivity index (χ0) is 15.2. The quantitative estimate of drug-likeness (QED) is 0.675. The van der Waals surface area contributed by atoms with Gasteiger partial charge in [0.2, 0.25) is 0 Å². The molecule has 0 aliphatic rings. The van der Waals surface area contributed by atoms with Crippen molar-refractivity contribution in [1.82, 2.24) is 5.32 Å². The van der Waals surface area contributed by atoms with Crippen LogP contribution < -0.4 is 5.32 Å². The molecule has 0 aliphatic carbocycles. The van der Waals surface area contributed by atoms with Gasteiger partial charge in [0.05, 0.1) is 0 Å². The van der Waals surface area contributed by atoms with E-state index in [2.05, 4.69) is 84.5 Å². The summed E-state index contributed by atoms with van der Waals surface area (Å²) in [5, 5.41) is 3.50. The zero-order valence-corrected chi connectivity index (χ0v) is 15.2. The van der Waals surface area contributed by atoms with Crippen LogP contribution in [-0.4, -0.2) is 6.04 Å². The molecule has 0 aromatic heterocycles. The van der Waals surface area contributed by atoms with Crippen molar-refractivity contribution < 1.29 is 0 Å². The summed E-state index contributed by atoms with van der Waals surface area (Å²) in [6, 6.07) is 15.7. The lowest BCUT2D eigenvalue weighted by Crippen LogP contribution is -2.22. The van der Waals surface area contributed by atoms with Crippen molar-refractivity contribution in [3.63, 3.8) is 0 Å². The molecule has 0 saturated carbocycles. The fourth-order valence-corrected chi connectivity index (χ4v) is 3.59. The van der Waals surface area contributed by atoms with E-state index < -0.39 is 0 Å². The SMILES string of the molecule is Cc1ccccc1CSc1ccc(Br)cc1CNC(C)C. The summed E-state index contributed by atoms with van der Waals surface area (Å²) in [4.78, 5) is 1.36. The van der Waals surface area contributed by atoms with Gasteiger partial charge in [-0.05, 0) is 41.8 Å². The third kappa shape index (κ3) is 5.17. The Labute approximate surface area is 140 Å². The lowest BCUT2D eigenvalue weighted by Gasteiger charge is -2.13. The van der Waals surface area contributed by atoms with Crippen LogP contribution in [-0.2, 0) is 12.3 Å². The van der Waals surface area contributed by atoms with Gasteiger partial charge in [-0.2, -0.15) is 0 Å². The van der Waals surface area contributed by atoms with Gasteiger partial charge in [0.1, 0.15) is 0 Å². The number of hydrogen-bond donors (Lipinski definition) is 1. The van der Waals surface area contributed by atoms with Gasteiger partial charge < -0.3 is 5.32 Å². The van der Waals surface area contributed by atoms with Gasteiger partial charge in [-0.25, -0.2) is 0 Å². The molecule has 0 radical (unpaired) electrons. The van der Waals surface area contributed by atoms with Crippen LogP contribution in [0.25, 0.3) is 0 Å². The van der Waals surface area contributed by atoms with Gasteiger partial charge in [-0.15, -0.1) is 11.8 Å². The second-order valence-electron chi connectivity index (χ2n) is 5.50. The number of halogens is 1. The van der Waals surface area contributed by atoms with E-state index in [-0.39, 0.29) is 0 Å². The van der Waals surface area contributed by atoms with Crippen molar-refractivity contribution >= 4 is 27.7 Å². The summed E-state index contributed by atoms with van der Waals surface area (Å²) < 4.78 is 1.14. The smallest absolute Gasteiger partial charge is 0.0234 e. The van der Waals surface area contributed by atoms with Crippen LogP contribution in [0.3, 0.4) is 0 Å². The summed E-state index contributed by atoms with van der Waals surface area (Å²) in [6.07, 6.45) is 0. The molecule has 0 saturated heterocycles. The van der Waals surface area contributed by atoms with E-state index in [9.17, 15) is 0 Å².